The molecule has 3 aromatic rings. The van der Waals surface area contributed by atoms with Crippen molar-refractivity contribution in [3.05, 3.63) is 45.8 Å². The number of hydrogen-bond donors (Lipinski definition) is 0. The number of aromatic nitrogens is 3. The Morgan fingerprint density at radius 3 is 2.42 bits per heavy atom. The number of fused-ring (bicyclic) bond motifs is 1. The normalized spacial score (nSPS) is 15.6. The van der Waals surface area contributed by atoms with E-state index in [4.69, 9.17) is 34.8 Å². The van der Waals surface area contributed by atoms with Gasteiger partial charge in [-0.3, -0.25) is 0 Å². The highest BCUT2D eigenvalue weighted by Crippen LogP contribution is 2.43. The van der Waals surface area contributed by atoms with Crippen molar-refractivity contribution >= 4 is 51.7 Å². The maximum absolute atomic E-state index is 6.59. The molecule has 4 rings (SSSR count). The molecule has 134 valence electrons. The molecular weight excluding hydrogens is 393 g/mol. The molecule has 0 unspecified atom stereocenters. The third kappa shape index (κ3) is 3.21. The van der Waals surface area contributed by atoms with Crippen LogP contribution in [0.1, 0.15) is 0 Å². The average molecular weight is 409 g/mol. The molecule has 26 heavy (non-hydrogen) atoms. The van der Waals surface area contributed by atoms with Gasteiger partial charge in [0.1, 0.15) is 10.7 Å². The number of anilines is 1. The minimum Gasteiger partial charge on any atom is -0.367 e. The maximum Gasteiger partial charge on any atom is 0.181 e. The first-order valence-electron chi connectivity index (χ1n) is 8.23. The molecule has 0 aliphatic carbocycles. The molecule has 5 nitrogen and oxygen atoms in total. The Balaban J connectivity index is 1.99. The molecule has 1 aliphatic rings. The van der Waals surface area contributed by atoms with Gasteiger partial charge in [-0.05, 0) is 19.2 Å². The molecular formula is C18H16Cl3N5. The standard InChI is InChI=1S/C18H16Cl3N5/c1-25-6-8-26(9-7-25)16-14(12-3-2-11(19)10-13(12)20)17(21)24-18-15(16)22-4-5-23-18/h2-5,10H,6-9H2,1H3. The van der Waals surface area contributed by atoms with Crippen molar-refractivity contribution in [2.24, 2.45) is 0 Å². The first-order chi connectivity index (χ1) is 12.5. The zero-order chi connectivity index (χ0) is 18.3. The van der Waals surface area contributed by atoms with Crippen molar-refractivity contribution in [3.8, 4) is 11.1 Å². The van der Waals surface area contributed by atoms with E-state index in [1.807, 2.05) is 6.07 Å². The molecule has 0 spiro atoms. The second-order valence-electron chi connectivity index (χ2n) is 6.27. The summed E-state index contributed by atoms with van der Waals surface area (Å²) in [5, 5.41) is 1.46. The highest BCUT2D eigenvalue weighted by molar-refractivity contribution is 6.38. The molecule has 0 amide bonds. The topological polar surface area (TPSA) is 45.2 Å². The first kappa shape index (κ1) is 17.7. The van der Waals surface area contributed by atoms with Crippen LogP contribution in [-0.2, 0) is 0 Å². The average Bonchev–Trinajstić information content (AvgIpc) is 2.62. The fourth-order valence-electron chi connectivity index (χ4n) is 3.21. The van der Waals surface area contributed by atoms with E-state index < -0.39 is 0 Å². The number of pyridine rings is 1. The van der Waals surface area contributed by atoms with E-state index in [0.717, 1.165) is 48.5 Å². The van der Waals surface area contributed by atoms with Gasteiger partial charge >= 0.3 is 0 Å². The Hall–Kier alpha value is -1.66. The van der Waals surface area contributed by atoms with Crippen molar-refractivity contribution in [1.82, 2.24) is 19.9 Å². The smallest absolute Gasteiger partial charge is 0.181 e. The number of halogens is 3. The van der Waals surface area contributed by atoms with Crippen LogP contribution in [0, 0.1) is 0 Å². The zero-order valence-corrected chi connectivity index (χ0v) is 16.4. The van der Waals surface area contributed by atoms with E-state index in [9.17, 15) is 0 Å². The second-order valence-corrected chi connectivity index (χ2v) is 7.47. The minimum atomic E-state index is 0.358. The van der Waals surface area contributed by atoms with Crippen molar-refractivity contribution in [1.29, 1.82) is 0 Å². The van der Waals surface area contributed by atoms with E-state index in [1.54, 1.807) is 24.5 Å². The summed E-state index contributed by atoms with van der Waals surface area (Å²) >= 11 is 19.2. The second kappa shape index (κ2) is 7.16. The van der Waals surface area contributed by atoms with E-state index >= 15 is 0 Å². The highest BCUT2D eigenvalue weighted by Gasteiger charge is 2.25. The lowest BCUT2D eigenvalue weighted by molar-refractivity contribution is 0.313. The van der Waals surface area contributed by atoms with Crippen LogP contribution in [0.2, 0.25) is 15.2 Å². The van der Waals surface area contributed by atoms with Crippen LogP contribution in [0.4, 0.5) is 5.69 Å². The predicted molar refractivity (Wildman–Crippen MR) is 108 cm³/mol. The van der Waals surface area contributed by atoms with Crippen LogP contribution >= 0.6 is 34.8 Å². The van der Waals surface area contributed by atoms with Gasteiger partial charge in [0.15, 0.2) is 5.65 Å². The van der Waals surface area contributed by atoms with Crippen LogP contribution in [0.25, 0.3) is 22.3 Å². The van der Waals surface area contributed by atoms with Gasteiger partial charge in [-0.2, -0.15) is 0 Å². The van der Waals surface area contributed by atoms with Gasteiger partial charge in [-0.1, -0.05) is 40.9 Å². The number of rotatable bonds is 2. The molecule has 1 saturated heterocycles. The number of benzene rings is 1. The van der Waals surface area contributed by atoms with E-state index in [0.29, 0.717) is 20.8 Å². The monoisotopic (exact) mass is 407 g/mol. The molecule has 0 saturated carbocycles. The molecule has 1 aliphatic heterocycles. The molecule has 2 aromatic heterocycles. The van der Waals surface area contributed by atoms with Gasteiger partial charge in [0, 0.05) is 54.7 Å². The Morgan fingerprint density at radius 1 is 0.962 bits per heavy atom. The Bertz CT molecular complexity index is 970. The molecule has 3 heterocycles. The van der Waals surface area contributed by atoms with Crippen LogP contribution in [0.3, 0.4) is 0 Å². The van der Waals surface area contributed by atoms with Crippen LogP contribution < -0.4 is 4.90 Å². The zero-order valence-electron chi connectivity index (χ0n) is 14.1. The van der Waals surface area contributed by atoms with E-state index in [2.05, 4.69) is 31.8 Å². The lowest BCUT2D eigenvalue weighted by atomic mass is 10.0. The summed E-state index contributed by atoms with van der Waals surface area (Å²) in [6, 6.07) is 5.38. The molecule has 0 radical (unpaired) electrons. The van der Waals surface area contributed by atoms with Gasteiger partial charge in [0.2, 0.25) is 0 Å². The number of piperazine rings is 1. The summed E-state index contributed by atoms with van der Waals surface area (Å²) < 4.78 is 0. The van der Waals surface area contributed by atoms with Crippen molar-refractivity contribution in [2.45, 2.75) is 0 Å². The van der Waals surface area contributed by atoms with Crippen LogP contribution in [0.15, 0.2) is 30.6 Å². The molecule has 0 N–H and O–H groups in total. The summed E-state index contributed by atoms with van der Waals surface area (Å²) in [4.78, 5) is 17.9. The lowest BCUT2D eigenvalue weighted by Crippen LogP contribution is -2.44. The minimum absolute atomic E-state index is 0.358. The van der Waals surface area contributed by atoms with Crippen molar-refractivity contribution < 1.29 is 0 Å². The first-order valence-corrected chi connectivity index (χ1v) is 9.37. The van der Waals surface area contributed by atoms with Crippen LogP contribution in [0.5, 0.6) is 0 Å². The molecule has 1 aromatic carbocycles. The quantitative estimate of drug-likeness (QED) is 0.588. The number of hydrogen-bond acceptors (Lipinski definition) is 5. The fourth-order valence-corrected chi connectivity index (χ4v) is 3.99. The highest BCUT2D eigenvalue weighted by atomic mass is 35.5. The molecule has 0 bridgehead atoms. The molecule has 1 fully saturated rings. The van der Waals surface area contributed by atoms with Gasteiger partial charge in [0.25, 0.3) is 0 Å². The van der Waals surface area contributed by atoms with Gasteiger partial charge in [-0.15, -0.1) is 0 Å². The summed E-state index contributed by atoms with van der Waals surface area (Å²) in [5.41, 5.74) is 3.73. The van der Waals surface area contributed by atoms with Gasteiger partial charge < -0.3 is 9.80 Å². The van der Waals surface area contributed by atoms with Gasteiger partial charge in [-0.25, -0.2) is 15.0 Å². The summed E-state index contributed by atoms with van der Waals surface area (Å²) in [7, 11) is 2.12. The van der Waals surface area contributed by atoms with Crippen molar-refractivity contribution in [3.63, 3.8) is 0 Å². The number of nitrogens with zero attached hydrogens (tertiary/aromatic N) is 5. The maximum atomic E-state index is 6.59. The van der Waals surface area contributed by atoms with E-state index in [-0.39, 0.29) is 0 Å². The fraction of sp³-hybridized carbons (Fsp3) is 0.278. The lowest BCUT2D eigenvalue weighted by Gasteiger charge is -2.35. The Labute approximate surface area is 166 Å². The Morgan fingerprint density at radius 2 is 1.69 bits per heavy atom. The predicted octanol–water partition coefficient (Wildman–Crippen LogP) is 4.40. The third-order valence-electron chi connectivity index (χ3n) is 4.57. The van der Waals surface area contributed by atoms with Crippen LogP contribution in [-0.4, -0.2) is 53.1 Å². The summed E-state index contributed by atoms with van der Waals surface area (Å²) in [6.45, 7) is 3.63. The van der Waals surface area contributed by atoms with Crippen molar-refractivity contribution in [2.75, 3.05) is 38.1 Å². The number of likely N-dealkylation sites (N-methyl/N-ethyl adjacent to an activating group) is 1. The Kier molecular flexibility index (Phi) is 4.88. The largest absolute Gasteiger partial charge is 0.367 e. The third-order valence-corrected chi connectivity index (χ3v) is 5.39. The molecule has 8 heteroatoms. The summed E-state index contributed by atoms with van der Waals surface area (Å²) in [5.74, 6) is 0. The molecule has 0 atom stereocenters. The SMILES string of the molecule is CN1CCN(c2c(-c3ccc(Cl)cc3Cl)c(Cl)nc3nccnc23)CC1. The van der Waals surface area contributed by atoms with E-state index in [1.165, 1.54) is 0 Å². The van der Waals surface area contributed by atoms with Gasteiger partial charge in [0.05, 0.1) is 10.7 Å². The summed E-state index contributed by atoms with van der Waals surface area (Å²) in [6.07, 6.45) is 3.29.